The van der Waals surface area contributed by atoms with E-state index in [2.05, 4.69) is 25.5 Å². The van der Waals surface area contributed by atoms with Gasteiger partial charge in [-0.3, -0.25) is 4.79 Å². The minimum atomic E-state index is -2.95. The van der Waals surface area contributed by atoms with E-state index in [9.17, 15) is 13.6 Å². The Morgan fingerprint density at radius 1 is 1.44 bits per heavy atom. The Bertz CT molecular complexity index is 778. The first-order valence-corrected chi connectivity index (χ1v) is 8.53. The maximum Gasteiger partial charge on any atom is 0.387 e. The van der Waals surface area contributed by atoms with Gasteiger partial charge < -0.3 is 24.6 Å². The smallest absolute Gasteiger partial charge is 0.387 e. The van der Waals surface area contributed by atoms with Crippen LogP contribution in [0.1, 0.15) is 18.7 Å². The van der Waals surface area contributed by atoms with Crippen molar-refractivity contribution in [2.75, 3.05) is 20.2 Å². The van der Waals surface area contributed by atoms with Gasteiger partial charge in [0.1, 0.15) is 0 Å². The number of benzene rings is 1. The van der Waals surface area contributed by atoms with Gasteiger partial charge in [0.05, 0.1) is 13.2 Å². The Kier molecular flexibility index (Phi) is 6.17. The number of halogens is 2. The maximum atomic E-state index is 12.4. The van der Waals surface area contributed by atoms with Crippen LogP contribution in [0, 0.1) is 0 Å². The molecule has 0 spiro atoms. The third-order valence-corrected chi connectivity index (χ3v) is 4.12. The van der Waals surface area contributed by atoms with E-state index in [1.165, 1.54) is 25.3 Å². The quantitative estimate of drug-likeness (QED) is 0.718. The van der Waals surface area contributed by atoms with Crippen molar-refractivity contribution in [2.24, 2.45) is 0 Å². The summed E-state index contributed by atoms with van der Waals surface area (Å²) in [6.07, 6.45) is 2.22. The average molecular weight is 382 g/mol. The van der Waals surface area contributed by atoms with Gasteiger partial charge in [-0.15, -0.1) is 0 Å². The number of rotatable bonds is 8. The van der Waals surface area contributed by atoms with Crippen molar-refractivity contribution in [1.82, 2.24) is 20.8 Å². The van der Waals surface area contributed by atoms with E-state index in [1.807, 2.05) is 0 Å². The molecule has 2 aromatic rings. The van der Waals surface area contributed by atoms with E-state index in [0.29, 0.717) is 24.4 Å². The van der Waals surface area contributed by atoms with Crippen molar-refractivity contribution in [3.8, 4) is 22.9 Å². The lowest BCUT2D eigenvalue weighted by atomic mass is 10.2. The zero-order valence-electron chi connectivity index (χ0n) is 14.7. The predicted molar refractivity (Wildman–Crippen MR) is 90.7 cm³/mol. The summed E-state index contributed by atoms with van der Waals surface area (Å²) in [5.74, 6) is 0.664. The van der Waals surface area contributed by atoms with Gasteiger partial charge in [-0.25, -0.2) is 0 Å². The SMILES string of the molecule is COc1cc(-c2noc(CCNC(=O)C3CCCN3)n2)ccc1OC(F)F. The summed E-state index contributed by atoms with van der Waals surface area (Å²) >= 11 is 0. The summed E-state index contributed by atoms with van der Waals surface area (Å²) in [5, 5.41) is 9.83. The molecule has 146 valence electrons. The van der Waals surface area contributed by atoms with Gasteiger partial charge in [0.15, 0.2) is 11.5 Å². The largest absolute Gasteiger partial charge is 0.493 e. The molecule has 1 atom stereocenters. The van der Waals surface area contributed by atoms with Crippen LogP contribution in [0.4, 0.5) is 8.78 Å². The molecule has 0 bridgehead atoms. The molecule has 1 aromatic carbocycles. The van der Waals surface area contributed by atoms with Crippen LogP contribution in [0.15, 0.2) is 22.7 Å². The number of ether oxygens (including phenoxy) is 2. The van der Waals surface area contributed by atoms with Gasteiger partial charge in [-0.1, -0.05) is 5.16 Å². The molecule has 0 aliphatic carbocycles. The van der Waals surface area contributed by atoms with Gasteiger partial charge >= 0.3 is 6.61 Å². The highest BCUT2D eigenvalue weighted by Gasteiger charge is 2.21. The zero-order chi connectivity index (χ0) is 19.2. The Morgan fingerprint density at radius 3 is 3.00 bits per heavy atom. The van der Waals surface area contributed by atoms with Crippen LogP contribution in [0.2, 0.25) is 0 Å². The zero-order valence-corrected chi connectivity index (χ0v) is 14.7. The first-order chi connectivity index (χ1) is 13.1. The second-order valence-electron chi connectivity index (χ2n) is 5.95. The fourth-order valence-electron chi connectivity index (χ4n) is 2.80. The molecule has 1 amide bonds. The molecule has 1 saturated heterocycles. The van der Waals surface area contributed by atoms with Crippen LogP contribution in [0.25, 0.3) is 11.4 Å². The van der Waals surface area contributed by atoms with Crippen LogP contribution in [-0.2, 0) is 11.2 Å². The van der Waals surface area contributed by atoms with Crippen molar-refractivity contribution in [3.63, 3.8) is 0 Å². The Morgan fingerprint density at radius 2 is 2.30 bits per heavy atom. The van der Waals surface area contributed by atoms with E-state index in [1.54, 1.807) is 0 Å². The van der Waals surface area contributed by atoms with Crippen LogP contribution in [-0.4, -0.2) is 48.9 Å². The normalized spacial score (nSPS) is 16.5. The number of hydrogen-bond donors (Lipinski definition) is 2. The molecule has 8 nitrogen and oxygen atoms in total. The minimum Gasteiger partial charge on any atom is -0.493 e. The number of carbonyl (C=O) groups is 1. The van der Waals surface area contributed by atoms with Crippen molar-refractivity contribution >= 4 is 5.91 Å². The summed E-state index contributed by atoms with van der Waals surface area (Å²) in [6, 6.07) is 4.23. The standard InChI is InChI=1S/C17H20F2N4O4/c1-25-13-9-10(4-5-12(13)26-17(18)19)15-22-14(27-23-15)6-8-21-16(24)11-3-2-7-20-11/h4-5,9,11,17,20H,2-3,6-8H2,1H3,(H,21,24). The summed E-state index contributed by atoms with van der Waals surface area (Å²) < 4.78 is 39.4. The first-order valence-electron chi connectivity index (χ1n) is 8.53. The van der Waals surface area contributed by atoms with Crippen molar-refractivity contribution in [1.29, 1.82) is 0 Å². The van der Waals surface area contributed by atoms with E-state index >= 15 is 0 Å². The highest BCUT2D eigenvalue weighted by atomic mass is 19.3. The van der Waals surface area contributed by atoms with Gasteiger partial charge in [0.25, 0.3) is 0 Å². The highest BCUT2D eigenvalue weighted by molar-refractivity contribution is 5.81. The van der Waals surface area contributed by atoms with E-state index in [0.717, 1.165) is 19.4 Å². The number of aromatic nitrogens is 2. The molecule has 3 rings (SSSR count). The summed E-state index contributed by atoms with van der Waals surface area (Å²) in [6.45, 7) is -1.71. The second-order valence-corrected chi connectivity index (χ2v) is 5.95. The van der Waals surface area contributed by atoms with Crippen LogP contribution >= 0.6 is 0 Å². The Labute approximate surface area is 154 Å². The van der Waals surface area contributed by atoms with Crippen molar-refractivity contribution < 1.29 is 27.6 Å². The summed E-state index contributed by atoms with van der Waals surface area (Å²) in [5.41, 5.74) is 0.530. The van der Waals surface area contributed by atoms with Crippen LogP contribution < -0.4 is 20.1 Å². The maximum absolute atomic E-state index is 12.4. The highest BCUT2D eigenvalue weighted by Crippen LogP contribution is 2.32. The number of nitrogens with one attached hydrogen (secondary N) is 2. The molecule has 1 aliphatic heterocycles. The molecule has 0 radical (unpaired) electrons. The number of amides is 1. The second kappa shape index (κ2) is 8.76. The number of hydrogen-bond acceptors (Lipinski definition) is 7. The first kappa shape index (κ1) is 19.0. The van der Waals surface area contributed by atoms with Gasteiger partial charge in [-0.2, -0.15) is 13.8 Å². The predicted octanol–water partition coefficient (Wildman–Crippen LogP) is 1.76. The monoisotopic (exact) mass is 382 g/mol. The molecule has 1 fully saturated rings. The topological polar surface area (TPSA) is 98.5 Å². The van der Waals surface area contributed by atoms with Gasteiger partial charge in [-0.05, 0) is 37.6 Å². The van der Waals surface area contributed by atoms with E-state index < -0.39 is 6.61 Å². The van der Waals surface area contributed by atoms with E-state index in [-0.39, 0.29) is 29.3 Å². The molecular formula is C17H20F2N4O4. The Balaban J connectivity index is 1.59. The fourth-order valence-corrected chi connectivity index (χ4v) is 2.80. The number of carbonyl (C=O) groups excluding carboxylic acids is 1. The number of methoxy groups -OCH3 is 1. The summed E-state index contributed by atoms with van der Waals surface area (Å²) in [4.78, 5) is 16.2. The molecule has 0 saturated carbocycles. The average Bonchev–Trinajstić information content (AvgIpc) is 3.33. The number of alkyl halides is 2. The van der Waals surface area contributed by atoms with Crippen molar-refractivity contribution in [3.05, 3.63) is 24.1 Å². The lowest BCUT2D eigenvalue weighted by Crippen LogP contribution is -2.41. The Hall–Kier alpha value is -2.75. The van der Waals surface area contributed by atoms with Gasteiger partial charge in [0.2, 0.25) is 17.6 Å². The summed E-state index contributed by atoms with van der Waals surface area (Å²) in [7, 11) is 1.35. The van der Waals surface area contributed by atoms with Crippen molar-refractivity contribution in [2.45, 2.75) is 31.9 Å². The molecular weight excluding hydrogens is 362 g/mol. The number of nitrogens with zero attached hydrogens (tertiary/aromatic N) is 2. The van der Waals surface area contributed by atoms with Crippen LogP contribution in [0.5, 0.6) is 11.5 Å². The molecule has 10 heteroatoms. The molecule has 27 heavy (non-hydrogen) atoms. The van der Waals surface area contributed by atoms with E-state index in [4.69, 9.17) is 9.26 Å². The van der Waals surface area contributed by atoms with Gasteiger partial charge in [0, 0.05) is 18.5 Å². The third kappa shape index (κ3) is 4.91. The molecule has 1 aromatic heterocycles. The molecule has 2 heterocycles. The molecule has 1 unspecified atom stereocenters. The fraction of sp³-hybridized carbons (Fsp3) is 0.471. The molecule has 1 aliphatic rings. The minimum absolute atomic E-state index is 0.0356. The lowest BCUT2D eigenvalue weighted by Gasteiger charge is -2.10. The molecule has 2 N–H and O–H groups in total. The lowest BCUT2D eigenvalue weighted by molar-refractivity contribution is -0.122. The van der Waals surface area contributed by atoms with Crippen LogP contribution in [0.3, 0.4) is 0 Å². The third-order valence-electron chi connectivity index (χ3n) is 4.12.